The van der Waals surface area contributed by atoms with Crippen molar-refractivity contribution in [3.8, 4) is 0 Å². The second-order valence-corrected chi connectivity index (χ2v) is 6.49. The van der Waals surface area contributed by atoms with E-state index in [1.165, 1.54) is 25.3 Å². The van der Waals surface area contributed by atoms with E-state index >= 15 is 0 Å². The highest BCUT2D eigenvalue weighted by Crippen LogP contribution is 2.29. The minimum Gasteiger partial charge on any atom is -0.324 e. The van der Waals surface area contributed by atoms with E-state index in [4.69, 9.17) is 5.73 Å². The Morgan fingerprint density at radius 3 is 2.48 bits per heavy atom. The smallest absolute Gasteiger partial charge is 0.163 e. The van der Waals surface area contributed by atoms with Crippen LogP contribution in [0.2, 0.25) is 0 Å². The summed E-state index contributed by atoms with van der Waals surface area (Å²) >= 11 is 0. The monoisotopic (exact) mass is 296 g/mol. The molecule has 1 atom stereocenters. The summed E-state index contributed by atoms with van der Waals surface area (Å²) in [5.74, 6) is -0.937. The van der Waals surface area contributed by atoms with Crippen LogP contribution in [0.1, 0.15) is 51.1 Å². The molecule has 0 amide bonds. The summed E-state index contributed by atoms with van der Waals surface area (Å²) in [6.45, 7) is 6.37. The Morgan fingerprint density at radius 1 is 1.19 bits per heavy atom. The largest absolute Gasteiger partial charge is 0.324 e. The van der Waals surface area contributed by atoms with Crippen molar-refractivity contribution < 1.29 is 8.78 Å². The molecule has 2 rings (SSSR count). The molecule has 21 heavy (non-hydrogen) atoms. The maximum Gasteiger partial charge on any atom is 0.163 e. The van der Waals surface area contributed by atoms with E-state index < -0.39 is 17.7 Å². The van der Waals surface area contributed by atoms with Gasteiger partial charge < -0.3 is 10.6 Å². The fourth-order valence-corrected chi connectivity index (χ4v) is 2.61. The number of benzene rings is 1. The average molecular weight is 296 g/mol. The van der Waals surface area contributed by atoms with Crippen LogP contribution in [0.25, 0.3) is 0 Å². The molecule has 0 bridgehead atoms. The molecule has 0 heterocycles. The first-order chi connectivity index (χ1) is 9.99. The SMILES string of the molecule is CC(C)CCN(CCC(N)c1cccc(F)c1F)C1CC1. The Morgan fingerprint density at radius 2 is 1.86 bits per heavy atom. The first-order valence-corrected chi connectivity index (χ1v) is 7.92. The molecule has 1 aromatic rings. The molecule has 118 valence electrons. The molecule has 1 aliphatic rings. The van der Waals surface area contributed by atoms with Gasteiger partial charge in [-0.25, -0.2) is 8.78 Å². The number of nitrogens with two attached hydrogens (primary N) is 1. The molecule has 0 radical (unpaired) electrons. The molecule has 0 spiro atoms. The van der Waals surface area contributed by atoms with Crippen molar-refractivity contribution in [1.29, 1.82) is 0 Å². The summed E-state index contributed by atoms with van der Waals surface area (Å²) in [6, 6.07) is 4.46. The molecule has 1 unspecified atom stereocenters. The van der Waals surface area contributed by atoms with Crippen molar-refractivity contribution >= 4 is 0 Å². The lowest BCUT2D eigenvalue weighted by atomic mass is 10.0. The van der Waals surface area contributed by atoms with Crippen LogP contribution in [0.3, 0.4) is 0 Å². The van der Waals surface area contributed by atoms with Crippen LogP contribution in [0.4, 0.5) is 8.78 Å². The molecular formula is C17H26F2N2. The van der Waals surface area contributed by atoms with E-state index in [9.17, 15) is 8.78 Å². The predicted molar refractivity (Wildman–Crippen MR) is 82.0 cm³/mol. The molecule has 1 aliphatic carbocycles. The van der Waals surface area contributed by atoms with E-state index in [1.807, 2.05) is 0 Å². The summed E-state index contributed by atoms with van der Waals surface area (Å²) in [7, 11) is 0. The Kier molecular flexibility index (Phi) is 5.71. The van der Waals surface area contributed by atoms with E-state index in [0.29, 0.717) is 18.4 Å². The number of hydrogen-bond acceptors (Lipinski definition) is 2. The Balaban J connectivity index is 1.89. The predicted octanol–water partition coefficient (Wildman–Crippen LogP) is 3.87. The van der Waals surface area contributed by atoms with E-state index in [2.05, 4.69) is 18.7 Å². The average Bonchev–Trinajstić information content (AvgIpc) is 3.26. The van der Waals surface area contributed by atoms with Crippen LogP contribution in [0.15, 0.2) is 18.2 Å². The summed E-state index contributed by atoms with van der Waals surface area (Å²) in [5, 5.41) is 0. The lowest BCUT2D eigenvalue weighted by Crippen LogP contribution is -2.31. The van der Waals surface area contributed by atoms with E-state index in [1.54, 1.807) is 6.07 Å². The van der Waals surface area contributed by atoms with Gasteiger partial charge in [0.25, 0.3) is 0 Å². The van der Waals surface area contributed by atoms with E-state index in [-0.39, 0.29) is 5.56 Å². The van der Waals surface area contributed by atoms with Gasteiger partial charge in [0, 0.05) is 24.2 Å². The number of halogens is 2. The number of rotatable bonds is 8. The molecule has 0 saturated heterocycles. The van der Waals surface area contributed by atoms with E-state index in [0.717, 1.165) is 19.2 Å². The first kappa shape index (κ1) is 16.4. The van der Waals surface area contributed by atoms with Crippen molar-refractivity contribution in [3.63, 3.8) is 0 Å². The zero-order chi connectivity index (χ0) is 15.4. The minimum absolute atomic E-state index is 0.287. The maximum absolute atomic E-state index is 13.7. The van der Waals surface area contributed by atoms with Gasteiger partial charge in [0.1, 0.15) is 0 Å². The molecule has 2 nitrogen and oxygen atoms in total. The second-order valence-electron chi connectivity index (χ2n) is 6.49. The maximum atomic E-state index is 13.7. The highest BCUT2D eigenvalue weighted by molar-refractivity contribution is 5.22. The Labute approximate surface area is 126 Å². The molecule has 2 N–H and O–H groups in total. The van der Waals surface area contributed by atoms with Crippen LogP contribution in [0.5, 0.6) is 0 Å². The van der Waals surface area contributed by atoms with Gasteiger partial charge in [-0.1, -0.05) is 26.0 Å². The van der Waals surface area contributed by atoms with Crippen molar-refractivity contribution in [2.24, 2.45) is 11.7 Å². The summed E-state index contributed by atoms with van der Waals surface area (Å²) in [6.07, 6.45) is 4.33. The Bertz CT molecular complexity index is 458. The van der Waals surface area contributed by atoms with Crippen LogP contribution < -0.4 is 5.73 Å². The fourth-order valence-electron chi connectivity index (χ4n) is 2.61. The lowest BCUT2D eigenvalue weighted by molar-refractivity contribution is 0.238. The fraction of sp³-hybridized carbons (Fsp3) is 0.647. The zero-order valence-electron chi connectivity index (χ0n) is 13.0. The molecule has 1 aromatic carbocycles. The van der Waals surface area contributed by atoms with Gasteiger partial charge in [0.05, 0.1) is 0 Å². The highest BCUT2D eigenvalue weighted by Gasteiger charge is 2.29. The molecular weight excluding hydrogens is 270 g/mol. The van der Waals surface area contributed by atoms with Gasteiger partial charge in [-0.15, -0.1) is 0 Å². The van der Waals surface area contributed by atoms with Crippen LogP contribution in [-0.2, 0) is 0 Å². The van der Waals surface area contributed by atoms with Gasteiger partial charge in [-0.2, -0.15) is 0 Å². The van der Waals surface area contributed by atoms with Crippen molar-refractivity contribution in [1.82, 2.24) is 4.90 Å². The van der Waals surface area contributed by atoms with Gasteiger partial charge in [0.15, 0.2) is 11.6 Å². The molecule has 0 aromatic heterocycles. The summed E-state index contributed by atoms with van der Waals surface area (Å²) in [4.78, 5) is 2.46. The second kappa shape index (κ2) is 7.32. The van der Waals surface area contributed by atoms with Crippen LogP contribution in [0, 0.1) is 17.6 Å². The highest BCUT2D eigenvalue weighted by atomic mass is 19.2. The third-order valence-electron chi connectivity index (χ3n) is 4.17. The standard InChI is InChI=1S/C17H26F2N2/c1-12(2)8-10-21(13-6-7-13)11-9-16(20)14-4-3-5-15(18)17(14)19/h3-5,12-13,16H,6-11,20H2,1-2H3. The third-order valence-corrected chi connectivity index (χ3v) is 4.17. The molecule has 0 aliphatic heterocycles. The topological polar surface area (TPSA) is 29.3 Å². The Hall–Kier alpha value is -1.00. The van der Waals surface area contributed by atoms with Gasteiger partial charge in [0.2, 0.25) is 0 Å². The first-order valence-electron chi connectivity index (χ1n) is 7.92. The zero-order valence-corrected chi connectivity index (χ0v) is 13.0. The van der Waals surface area contributed by atoms with Crippen molar-refractivity contribution in [2.45, 2.75) is 51.6 Å². The minimum atomic E-state index is -0.818. The van der Waals surface area contributed by atoms with Gasteiger partial charge >= 0.3 is 0 Å². The molecule has 1 fully saturated rings. The molecule has 4 heteroatoms. The quantitative estimate of drug-likeness (QED) is 0.789. The van der Waals surface area contributed by atoms with Crippen molar-refractivity contribution in [2.75, 3.05) is 13.1 Å². The van der Waals surface area contributed by atoms with Gasteiger partial charge in [-0.3, -0.25) is 0 Å². The normalized spacial score (nSPS) is 16.7. The van der Waals surface area contributed by atoms with Crippen LogP contribution >= 0.6 is 0 Å². The lowest BCUT2D eigenvalue weighted by Gasteiger charge is -2.24. The summed E-state index contributed by atoms with van der Waals surface area (Å²) in [5.41, 5.74) is 6.34. The van der Waals surface area contributed by atoms with Gasteiger partial charge in [-0.05, 0) is 44.2 Å². The number of hydrogen-bond donors (Lipinski definition) is 1. The van der Waals surface area contributed by atoms with Crippen molar-refractivity contribution in [3.05, 3.63) is 35.4 Å². The third kappa shape index (κ3) is 4.75. The summed E-state index contributed by atoms with van der Waals surface area (Å²) < 4.78 is 27.0. The van der Waals surface area contributed by atoms with Crippen LogP contribution in [-0.4, -0.2) is 24.0 Å². The number of nitrogens with zero attached hydrogens (tertiary/aromatic N) is 1. The molecule has 1 saturated carbocycles.